The molecule has 0 aromatic heterocycles. The first-order chi connectivity index (χ1) is 22.7. The molecule has 1 saturated heterocycles. The molecule has 0 unspecified atom stereocenters. The van der Waals surface area contributed by atoms with E-state index in [0.29, 0.717) is 52.6 Å². The van der Waals surface area contributed by atoms with Crippen LogP contribution >= 0.6 is 0 Å². The number of ketones is 1. The van der Waals surface area contributed by atoms with E-state index in [4.69, 9.17) is 4.74 Å². The standard InChI is InChI=1S/C42H68N2O3Si/c1-28(2)48(29(3)4,30(5)6)40-27-44(34(26-38(40)45)25-32-23-31(7)24-37-35(32)19-16-22-43(37)10)41(46)47-39-21-15-14-20-36(39)42(8,9)33-17-12-11-13-18-33/h11-13,17-18,27-32,34-37,39H,14-16,19-26H2,1-10H3/t31-,32+,34-,35+,36-,37-,39-/m0/s1. The molecular weight excluding hydrogens is 609 g/mol. The maximum atomic E-state index is 14.8. The molecule has 1 aromatic carbocycles. The minimum atomic E-state index is -2.29. The number of benzene rings is 1. The molecule has 2 heterocycles. The summed E-state index contributed by atoms with van der Waals surface area (Å²) >= 11 is 0. The van der Waals surface area contributed by atoms with Crippen molar-refractivity contribution < 1.29 is 14.3 Å². The van der Waals surface area contributed by atoms with Crippen molar-refractivity contribution in [3.63, 3.8) is 0 Å². The number of hydrogen-bond donors (Lipinski definition) is 0. The lowest BCUT2D eigenvalue weighted by molar-refractivity contribution is -0.117. The Hall–Kier alpha value is -1.92. The molecule has 0 radical (unpaired) electrons. The van der Waals surface area contributed by atoms with Gasteiger partial charge < -0.3 is 9.64 Å². The highest BCUT2D eigenvalue weighted by Crippen LogP contribution is 2.50. The molecule has 2 saturated carbocycles. The zero-order valence-electron chi connectivity index (χ0n) is 32.1. The summed E-state index contributed by atoms with van der Waals surface area (Å²) in [5, 5.41) is 0.979. The average Bonchev–Trinajstić information content (AvgIpc) is 3.03. The Kier molecular flexibility index (Phi) is 11.8. The van der Waals surface area contributed by atoms with E-state index in [9.17, 15) is 9.59 Å². The Balaban J connectivity index is 1.51. The molecule has 1 aromatic rings. The van der Waals surface area contributed by atoms with Gasteiger partial charge in [-0.15, -0.1) is 0 Å². The van der Waals surface area contributed by atoms with Gasteiger partial charge in [-0.25, -0.2) is 4.79 Å². The quantitative estimate of drug-likeness (QED) is 0.244. The van der Waals surface area contributed by atoms with Crippen LogP contribution in [-0.2, 0) is 14.9 Å². The molecule has 5 nitrogen and oxygen atoms in total. The molecular formula is C42H68N2O3Si. The van der Waals surface area contributed by atoms with E-state index in [1.165, 1.54) is 44.2 Å². The second-order valence-corrected chi connectivity index (χ2v) is 23.8. The van der Waals surface area contributed by atoms with Crippen LogP contribution in [0.1, 0.15) is 132 Å². The SMILES string of the molecule is CC(C)[Si](C1=CN(C(=O)O[C@H]2CCCC[C@@H]2C(C)(C)c2ccccc2)[C@@H](C[C@H]2C[C@H](C)C[C@H]3[C@@H]2CCCN3C)CC1=O)(C(C)C)C(C)C. The third-order valence-electron chi connectivity index (χ3n) is 14.0. The van der Waals surface area contributed by atoms with Crippen molar-refractivity contribution in [3.8, 4) is 0 Å². The molecule has 48 heavy (non-hydrogen) atoms. The van der Waals surface area contributed by atoms with Gasteiger partial charge in [-0.05, 0) is 116 Å². The lowest BCUT2D eigenvalue weighted by atomic mass is 9.65. The smallest absolute Gasteiger partial charge is 0.414 e. The number of allylic oxidation sites excluding steroid dienone is 1. The number of carbonyl (C=O) groups is 2. The van der Waals surface area contributed by atoms with Gasteiger partial charge in [0.25, 0.3) is 0 Å². The van der Waals surface area contributed by atoms with Crippen LogP contribution in [0.5, 0.6) is 0 Å². The van der Waals surface area contributed by atoms with E-state index in [0.717, 1.165) is 30.9 Å². The number of rotatable bonds is 9. The number of Topliss-reactive ketones (excluding diaryl/α,β-unsaturated/α-hetero) is 1. The molecule has 2 aliphatic heterocycles. The van der Waals surface area contributed by atoms with Crippen LogP contribution in [0, 0.1) is 23.7 Å². The molecule has 268 valence electrons. The number of amides is 1. The van der Waals surface area contributed by atoms with Gasteiger partial charge >= 0.3 is 6.09 Å². The fraction of sp³-hybridized carbons (Fsp3) is 0.762. The summed E-state index contributed by atoms with van der Waals surface area (Å²) in [4.78, 5) is 33.8. The highest BCUT2D eigenvalue weighted by atomic mass is 28.3. The van der Waals surface area contributed by atoms with Crippen molar-refractivity contribution in [1.82, 2.24) is 9.80 Å². The molecule has 3 fully saturated rings. The highest BCUT2D eigenvalue weighted by Gasteiger charge is 2.52. The third kappa shape index (κ3) is 7.13. The van der Waals surface area contributed by atoms with Gasteiger partial charge in [-0.2, -0.15) is 0 Å². The summed E-state index contributed by atoms with van der Waals surface area (Å²) in [6.45, 7) is 22.1. The van der Waals surface area contributed by atoms with E-state index in [1.54, 1.807) is 0 Å². The minimum Gasteiger partial charge on any atom is -0.446 e. The zero-order valence-corrected chi connectivity index (χ0v) is 33.1. The second-order valence-electron chi connectivity index (χ2n) is 18.0. The number of fused-ring (bicyclic) bond motifs is 1. The number of hydrogen-bond acceptors (Lipinski definition) is 4. The Morgan fingerprint density at radius 2 is 1.58 bits per heavy atom. The first-order valence-corrected chi connectivity index (χ1v) is 21.9. The molecule has 4 aliphatic rings. The molecule has 7 atom stereocenters. The van der Waals surface area contributed by atoms with E-state index in [-0.39, 0.29) is 29.6 Å². The van der Waals surface area contributed by atoms with Crippen LogP contribution in [-0.4, -0.2) is 61.5 Å². The number of piperidine rings is 1. The number of likely N-dealkylation sites (tertiary alicyclic amines) is 1. The van der Waals surface area contributed by atoms with Crippen LogP contribution in [0.25, 0.3) is 0 Å². The van der Waals surface area contributed by atoms with Crippen molar-refractivity contribution in [2.24, 2.45) is 23.7 Å². The van der Waals surface area contributed by atoms with Crippen molar-refractivity contribution >= 4 is 20.0 Å². The molecule has 5 rings (SSSR count). The molecule has 6 heteroatoms. The van der Waals surface area contributed by atoms with Gasteiger partial charge in [0.05, 0.1) is 0 Å². The van der Waals surface area contributed by atoms with Crippen molar-refractivity contribution in [1.29, 1.82) is 0 Å². The number of ether oxygens (including phenoxy) is 1. The van der Waals surface area contributed by atoms with Crippen LogP contribution < -0.4 is 0 Å². The lowest BCUT2D eigenvalue weighted by Crippen LogP contribution is -2.55. The molecule has 0 bridgehead atoms. The van der Waals surface area contributed by atoms with Crippen LogP contribution in [0.2, 0.25) is 16.6 Å². The zero-order chi connectivity index (χ0) is 35.0. The maximum Gasteiger partial charge on any atom is 0.414 e. The predicted octanol–water partition coefficient (Wildman–Crippen LogP) is 10.6. The third-order valence-corrected chi connectivity index (χ3v) is 21.0. The normalized spacial score (nSPS) is 30.9. The van der Waals surface area contributed by atoms with Crippen molar-refractivity contribution in [2.45, 2.75) is 167 Å². The average molecular weight is 677 g/mol. The monoisotopic (exact) mass is 676 g/mol. The first kappa shape index (κ1) is 37.3. The highest BCUT2D eigenvalue weighted by molar-refractivity contribution is 6.93. The topological polar surface area (TPSA) is 49.9 Å². The van der Waals surface area contributed by atoms with Gasteiger partial charge in [0.1, 0.15) is 14.2 Å². The molecule has 0 spiro atoms. The fourth-order valence-electron chi connectivity index (χ4n) is 11.7. The molecule has 0 N–H and O–H groups in total. The summed E-state index contributed by atoms with van der Waals surface area (Å²) in [6, 6.07) is 11.3. The Morgan fingerprint density at radius 3 is 2.23 bits per heavy atom. The van der Waals surface area contributed by atoms with Crippen molar-refractivity contribution in [3.05, 3.63) is 47.3 Å². The van der Waals surface area contributed by atoms with Gasteiger partial charge in [0.15, 0.2) is 5.78 Å². The van der Waals surface area contributed by atoms with E-state index in [2.05, 4.69) is 111 Å². The molecule has 1 amide bonds. The summed E-state index contributed by atoms with van der Waals surface area (Å²) in [5.41, 5.74) is 2.39. The van der Waals surface area contributed by atoms with Gasteiger partial charge in [0.2, 0.25) is 0 Å². The van der Waals surface area contributed by atoms with E-state index in [1.807, 2.05) is 4.90 Å². The Labute approximate surface area is 294 Å². The predicted molar refractivity (Wildman–Crippen MR) is 202 cm³/mol. The lowest BCUT2D eigenvalue weighted by Gasteiger charge is -2.51. The van der Waals surface area contributed by atoms with Crippen LogP contribution in [0.4, 0.5) is 4.79 Å². The summed E-state index contributed by atoms with van der Waals surface area (Å²) in [6.07, 6.45) is 12.2. The fourth-order valence-corrected chi connectivity index (χ4v) is 18.6. The second kappa shape index (κ2) is 15.1. The van der Waals surface area contributed by atoms with Crippen molar-refractivity contribution in [2.75, 3.05) is 13.6 Å². The van der Waals surface area contributed by atoms with Gasteiger partial charge in [-0.3, -0.25) is 9.69 Å². The Morgan fingerprint density at radius 1 is 0.938 bits per heavy atom. The van der Waals surface area contributed by atoms with E-state index >= 15 is 0 Å². The van der Waals surface area contributed by atoms with Crippen LogP contribution in [0.15, 0.2) is 41.7 Å². The van der Waals surface area contributed by atoms with Gasteiger partial charge in [0, 0.05) is 30.6 Å². The van der Waals surface area contributed by atoms with Gasteiger partial charge in [-0.1, -0.05) is 99.1 Å². The summed E-state index contributed by atoms with van der Waals surface area (Å²) < 4.78 is 6.73. The number of carbonyl (C=O) groups excluding carboxylic acids is 2. The largest absolute Gasteiger partial charge is 0.446 e. The minimum absolute atomic E-state index is 0.111. The summed E-state index contributed by atoms with van der Waals surface area (Å²) in [7, 11) is 0.0139. The number of nitrogens with zero attached hydrogens (tertiary/aromatic N) is 2. The Bertz CT molecular complexity index is 1270. The first-order valence-electron chi connectivity index (χ1n) is 19.7. The van der Waals surface area contributed by atoms with E-state index < -0.39 is 8.07 Å². The molecule has 2 aliphatic carbocycles. The maximum absolute atomic E-state index is 14.8. The summed E-state index contributed by atoms with van der Waals surface area (Å²) in [5.74, 6) is 2.37. The van der Waals surface area contributed by atoms with Crippen LogP contribution in [0.3, 0.4) is 0 Å².